The molecule has 0 heterocycles. The van der Waals surface area contributed by atoms with Crippen LogP contribution in [0.4, 0.5) is 0 Å². The fourth-order valence-corrected chi connectivity index (χ4v) is 2.83. The van der Waals surface area contributed by atoms with Crippen molar-refractivity contribution >= 4 is 24.1 Å². The lowest BCUT2D eigenvalue weighted by Gasteiger charge is -2.09. The van der Waals surface area contributed by atoms with E-state index < -0.39 is 11.9 Å². The maximum Gasteiger partial charge on any atom is 0.336 e. The number of hydrogen-bond acceptors (Lipinski definition) is 4. The summed E-state index contributed by atoms with van der Waals surface area (Å²) in [6.45, 7) is 3.65. The van der Waals surface area contributed by atoms with Crippen molar-refractivity contribution in [2.24, 2.45) is 0 Å². The number of aliphatic carboxylic acids is 2. The Morgan fingerprint density at radius 1 is 0.750 bits per heavy atom. The molecule has 0 amide bonds. The second-order valence-electron chi connectivity index (χ2n) is 6.18. The lowest BCUT2D eigenvalue weighted by molar-refractivity contribution is -0.136. The van der Waals surface area contributed by atoms with Gasteiger partial charge in [0.1, 0.15) is 11.5 Å². The number of carbonyl (C=O) groups is 2. The highest BCUT2D eigenvalue weighted by molar-refractivity contribution is 6.11. The van der Waals surface area contributed by atoms with E-state index in [0.29, 0.717) is 22.6 Å². The summed E-state index contributed by atoms with van der Waals surface area (Å²) in [6.07, 6.45) is 2.68. The van der Waals surface area contributed by atoms with E-state index in [9.17, 15) is 19.8 Å². The molecule has 2 N–H and O–H groups in total. The van der Waals surface area contributed by atoms with Crippen molar-refractivity contribution < 1.29 is 29.3 Å². The highest BCUT2D eigenvalue weighted by atomic mass is 16.5. The smallest absolute Gasteiger partial charge is 0.336 e. The molecule has 0 radical (unpaired) electrons. The molecule has 2 rings (SSSR count). The third-order valence-corrected chi connectivity index (χ3v) is 4.21. The van der Waals surface area contributed by atoms with Gasteiger partial charge in [0.05, 0.1) is 25.4 Å². The fraction of sp³-hybridized carbons (Fsp3) is 0.182. The van der Waals surface area contributed by atoms with Gasteiger partial charge in [-0.1, -0.05) is 12.1 Å². The molecule has 0 spiro atoms. The molecule has 0 unspecified atom stereocenters. The zero-order valence-electron chi connectivity index (χ0n) is 16.1. The zero-order valence-corrected chi connectivity index (χ0v) is 16.1. The van der Waals surface area contributed by atoms with Crippen LogP contribution in [-0.4, -0.2) is 36.4 Å². The highest BCUT2D eigenvalue weighted by Gasteiger charge is 2.20. The van der Waals surface area contributed by atoms with Gasteiger partial charge in [-0.15, -0.1) is 0 Å². The largest absolute Gasteiger partial charge is 0.496 e. The summed E-state index contributed by atoms with van der Waals surface area (Å²) in [6, 6.07) is 10.2. The van der Waals surface area contributed by atoms with Crippen LogP contribution < -0.4 is 9.47 Å². The van der Waals surface area contributed by atoms with E-state index in [0.717, 1.165) is 11.1 Å². The normalized spacial score (nSPS) is 11.9. The molecule has 0 fully saturated rings. The minimum atomic E-state index is -1.33. The Bertz CT molecular complexity index is 889. The Labute approximate surface area is 163 Å². The topological polar surface area (TPSA) is 93.1 Å². The molecular weight excluding hydrogens is 360 g/mol. The maximum atomic E-state index is 11.8. The quantitative estimate of drug-likeness (QED) is 0.556. The summed E-state index contributed by atoms with van der Waals surface area (Å²) in [5, 5.41) is 19.2. The molecule has 0 aliphatic rings. The van der Waals surface area contributed by atoms with Gasteiger partial charge in [-0.3, -0.25) is 0 Å². The molecule has 28 heavy (non-hydrogen) atoms. The van der Waals surface area contributed by atoms with E-state index in [2.05, 4.69) is 0 Å². The average molecular weight is 382 g/mol. The Morgan fingerprint density at radius 3 is 1.36 bits per heavy atom. The molecule has 0 aromatic heterocycles. The first-order valence-corrected chi connectivity index (χ1v) is 8.46. The second-order valence-corrected chi connectivity index (χ2v) is 6.18. The van der Waals surface area contributed by atoms with E-state index in [-0.39, 0.29) is 11.1 Å². The third-order valence-electron chi connectivity index (χ3n) is 4.21. The van der Waals surface area contributed by atoms with Crippen molar-refractivity contribution in [2.75, 3.05) is 14.2 Å². The summed E-state index contributed by atoms with van der Waals surface area (Å²) in [7, 11) is 3.09. The van der Waals surface area contributed by atoms with E-state index in [4.69, 9.17) is 9.47 Å². The Hall–Kier alpha value is -3.54. The highest BCUT2D eigenvalue weighted by Crippen LogP contribution is 2.25. The van der Waals surface area contributed by atoms with E-state index >= 15 is 0 Å². The Balaban J connectivity index is 2.56. The van der Waals surface area contributed by atoms with Gasteiger partial charge >= 0.3 is 11.9 Å². The fourth-order valence-electron chi connectivity index (χ4n) is 2.83. The van der Waals surface area contributed by atoms with Crippen LogP contribution in [-0.2, 0) is 9.59 Å². The molecule has 146 valence electrons. The van der Waals surface area contributed by atoms with Gasteiger partial charge in [-0.2, -0.15) is 0 Å². The second kappa shape index (κ2) is 8.90. The summed E-state index contributed by atoms with van der Waals surface area (Å²) in [5.41, 5.74) is 2.12. The predicted molar refractivity (Wildman–Crippen MR) is 107 cm³/mol. The molecule has 6 nitrogen and oxygen atoms in total. The van der Waals surface area contributed by atoms with Crippen molar-refractivity contribution in [3.05, 3.63) is 69.8 Å². The van der Waals surface area contributed by atoms with Gasteiger partial charge in [-0.05, 0) is 72.5 Å². The van der Waals surface area contributed by atoms with Crippen molar-refractivity contribution in [3.8, 4) is 11.5 Å². The number of ether oxygens (including phenoxy) is 2. The van der Waals surface area contributed by atoms with E-state index in [1.807, 2.05) is 13.8 Å². The van der Waals surface area contributed by atoms with E-state index in [1.54, 1.807) is 50.6 Å². The van der Waals surface area contributed by atoms with Crippen molar-refractivity contribution in [3.63, 3.8) is 0 Å². The number of methoxy groups -OCH3 is 2. The van der Waals surface area contributed by atoms with E-state index in [1.165, 1.54) is 12.2 Å². The number of rotatable bonds is 7. The van der Waals surface area contributed by atoms with Gasteiger partial charge in [0, 0.05) is 0 Å². The standard InChI is InChI=1S/C22H22O6/c1-13-9-15(5-7-19(13)27-3)11-17(21(23)24)18(22(25)26)12-16-6-8-20(28-4)14(2)10-16/h5-12H,1-4H3,(H,23,24)(H,25,26)/b17-11+,18-12+. The van der Waals surface area contributed by atoms with Gasteiger partial charge in [0.2, 0.25) is 0 Å². The minimum absolute atomic E-state index is 0.314. The SMILES string of the molecule is COc1ccc(/C=C(C(=O)O)\C(=C/c2ccc(OC)c(C)c2)C(=O)O)cc1C. The zero-order chi connectivity index (χ0) is 20.8. The number of aryl methyl sites for hydroxylation is 2. The summed E-state index contributed by atoms with van der Waals surface area (Å²) >= 11 is 0. The maximum absolute atomic E-state index is 11.8. The van der Waals surface area contributed by atoms with Gasteiger partial charge in [-0.25, -0.2) is 9.59 Å². The van der Waals surface area contributed by atoms with Crippen LogP contribution in [0, 0.1) is 13.8 Å². The molecule has 0 saturated heterocycles. The Kier molecular flexibility index (Phi) is 6.60. The van der Waals surface area contributed by atoms with Crippen LogP contribution in [0.3, 0.4) is 0 Å². The Morgan fingerprint density at radius 2 is 1.11 bits per heavy atom. The number of benzene rings is 2. The first kappa shape index (κ1) is 20.8. The molecule has 0 atom stereocenters. The molecule has 0 bridgehead atoms. The van der Waals surface area contributed by atoms with Crippen LogP contribution in [0.25, 0.3) is 12.2 Å². The number of carboxylic acids is 2. The minimum Gasteiger partial charge on any atom is -0.496 e. The molecule has 0 aliphatic heterocycles. The summed E-state index contributed by atoms with van der Waals surface area (Å²) in [5.74, 6) is -1.33. The molecule has 0 aliphatic carbocycles. The third kappa shape index (κ3) is 4.79. The van der Waals surface area contributed by atoms with Crippen LogP contribution in [0.5, 0.6) is 11.5 Å². The van der Waals surface area contributed by atoms with Gasteiger partial charge in [0.25, 0.3) is 0 Å². The summed E-state index contributed by atoms with van der Waals surface area (Å²) in [4.78, 5) is 23.6. The van der Waals surface area contributed by atoms with Crippen LogP contribution >= 0.6 is 0 Å². The van der Waals surface area contributed by atoms with Crippen molar-refractivity contribution in [1.82, 2.24) is 0 Å². The monoisotopic (exact) mass is 382 g/mol. The molecule has 0 saturated carbocycles. The first-order valence-electron chi connectivity index (χ1n) is 8.46. The van der Waals surface area contributed by atoms with Crippen LogP contribution in [0.1, 0.15) is 22.3 Å². The molecular formula is C22H22O6. The lowest BCUT2D eigenvalue weighted by Crippen LogP contribution is -2.11. The molecule has 6 heteroatoms. The summed E-state index contributed by atoms with van der Waals surface area (Å²) < 4.78 is 10.4. The van der Waals surface area contributed by atoms with Crippen molar-refractivity contribution in [1.29, 1.82) is 0 Å². The average Bonchev–Trinajstić information content (AvgIpc) is 2.64. The van der Waals surface area contributed by atoms with Crippen LogP contribution in [0.15, 0.2) is 47.5 Å². The van der Waals surface area contributed by atoms with Crippen LogP contribution in [0.2, 0.25) is 0 Å². The first-order chi connectivity index (χ1) is 13.3. The number of carboxylic acid groups (broad SMARTS) is 2. The molecule has 2 aromatic rings. The molecule has 2 aromatic carbocycles. The van der Waals surface area contributed by atoms with Crippen molar-refractivity contribution in [2.45, 2.75) is 13.8 Å². The number of hydrogen-bond donors (Lipinski definition) is 2. The predicted octanol–water partition coefficient (Wildman–Crippen LogP) is 3.96. The lowest BCUT2D eigenvalue weighted by atomic mass is 9.99. The van der Waals surface area contributed by atoms with Gasteiger partial charge < -0.3 is 19.7 Å². The van der Waals surface area contributed by atoms with Gasteiger partial charge in [0.15, 0.2) is 0 Å².